The van der Waals surface area contributed by atoms with Crippen LogP contribution in [0.4, 0.5) is 11.4 Å². The summed E-state index contributed by atoms with van der Waals surface area (Å²) in [6, 6.07) is 4.91. The maximum absolute atomic E-state index is 10.3. The van der Waals surface area contributed by atoms with E-state index in [0.717, 1.165) is 5.56 Å². The second-order valence-corrected chi connectivity index (χ2v) is 3.61. The molecule has 0 fully saturated rings. The predicted octanol–water partition coefficient (Wildman–Crippen LogP) is -0.219. The Labute approximate surface area is 91.4 Å². The van der Waals surface area contributed by atoms with Crippen molar-refractivity contribution in [3.05, 3.63) is 33.9 Å². The molecule has 8 nitrogen and oxygen atoms in total. The summed E-state index contributed by atoms with van der Waals surface area (Å²) in [5, 5.41) is 10.3. The topological polar surface area (TPSA) is 148 Å². The van der Waals surface area contributed by atoms with E-state index in [1.54, 1.807) is 19.1 Å². The minimum atomic E-state index is -4.92. The van der Waals surface area contributed by atoms with Crippen LogP contribution in [0.1, 0.15) is 5.56 Å². The molecule has 16 heavy (non-hydrogen) atoms. The van der Waals surface area contributed by atoms with Crippen LogP contribution >= 0.6 is 0 Å². The first-order chi connectivity index (χ1) is 7.13. The molecule has 0 heterocycles. The lowest BCUT2D eigenvalue weighted by Crippen LogP contribution is -2.41. The minimum Gasteiger partial charge on any atom is -0.726 e. The van der Waals surface area contributed by atoms with Gasteiger partial charge in [0.1, 0.15) is 0 Å². The second kappa shape index (κ2) is 5.51. The molecular formula is C7H10N2O6S. The van der Waals surface area contributed by atoms with Crippen molar-refractivity contribution in [1.29, 1.82) is 0 Å². The Hall–Kier alpha value is -1.55. The lowest BCUT2D eigenvalue weighted by molar-refractivity contribution is -0.395. The number of quaternary nitrogens is 1. The van der Waals surface area contributed by atoms with Crippen molar-refractivity contribution in [2.24, 2.45) is 0 Å². The van der Waals surface area contributed by atoms with Gasteiger partial charge in [-0.2, -0.15) is 0 Å². The summed E-state index contributed by atoms with van der Waals surface area (Å²) in [7, 11) is -4.92. The summed E-state index contributed by atoms with van der Waals surface area (Å²) in [5.74, 6) is 0. The van der Waals surface area contributed by atoms with Crippen molar-refractivity contribution in [3.8, 4) is 0 Å². The van der Waals surface area contributed by atoms with Crippen molar-refractivity contribution >= 4 is 21.8 Å². The van der Waals surface area contributed by atoms with Crippen molar-refractivity contribution in [2.75, 3.05) is 0 Å². The molecule has 0 aliphatic rings. The van der Waals surface area contributed by atoms with Crippen LogP contribution < -0.4 is 5.73 Å². The number of aryl methyl sites for hydroxylation is 1. The largest absolute Gasteiger partial charge is 0.726 e. The van der Waals surface area contributed by atoms with Crippen LogP contribution in [0.5, 0.6) is 0 Å². The van der Waals surface area contributed by atoms with Gasteiger partial charge in [-0.1, -0.05) is 12.1 Å². The van der Waals surface area contributed by atoms with Gasteiger partial charge in [0.2, 0.25) is 16.1 Å². The summed E-state index contributed by atoms with van der Waals surface area (Å²) in [6.45, 7) is 1.80. The number of benzene rings is 1. The highest BCUT2D eigenvalue weighted by molar-refractivity contribution is 7.79. The highest BCUT2D eigenvalue weighted by atomic mass is 32.3. The highest BCUT2D eigenvalue weighted by Gasteiger charge is 2.14. The first kappa shape index (κ1) is 14.5. The number of nitro benzene ring substituents is 1. The Bertz CT molecular complexity index is 476. The van der Waals surface area contributed by atoms with Gasteiger partial charge in [-0.15, -0.1) is 0 Å². The summed E-state index contributed by atoms with van der Waals surface area (Å²) >= 11 is 0. The molecule has 0 spiro atoms. The van der Waals surface area contributed by atoms with Crippen molar-refractivity contribution in [3.63, 3.8) is 0 Å². The Balaban J connectivity index is 0.000000385. The monoisotopic (exact) mass is 250 g/mol. The van der Waals surface area contributed by atoms with E-state index in [-0.39, 0.29) is 5.69 Å². The van der Waals surface area contributed by atoms with E-state index in [0.29, 0.717) is 5.69 Å². The van der Waals surface area contributed by atoms with Crippen LogP contribution in [0.15, 0.2) is 18.2 Å². The molecular weight excluding hydrogens is 240 g/mol. The first-order valence-electron chi connectivity index (χ1n) is 3.87. The van der Waals surface area contributed by atoms with Crippen LogP contribution in [-0.2, 0) is 10.4 Å². The molecule has 0 atom stereocenters. The fourth-order valence-electron chi connectivity index (χ4n) is 0.858. The van der Waals surface area contributed by atoms with Gasteiger partial charge in [-0.3, -0.25) is 14.7 Å². The van der Waals surface area contributed by atoms with Gasteiger partial charge in [-0.05, 0) is 6.92 Å². The third-order valence-corrected chi connectivity index (χ3v) is 1.58. The summed E-state index contributed by atoms with van der Waals surface area (Å²) in [5.41, 5.74) is 5.03. The molecule has 1 aromatic carbocycles. The average molecular weight is 250 g/mol. The number of hydrogen-bond donors (Lipinski definition) is 2. The average Bonchev–Trinajstić information content (AvgIpc) is 2.06. The van der Waals surface area contributed by atoms with Gasteiger partial charge in [0.25, 0.3) is 0 Å². The van der Waals surface area contributed by atoms with Gasteiger partial charge in [-0.25, -0.2) is 8.42 Å². The molecule has 0 bridgehead atoms. The number of rotatable bonds is 1. The number of nitrogens with zero attached hydrogens (tertiary/aromatic N) is 1. The third kappa shape index (κ3) is 6.03. The standard InChI is InChI=1S/C7H8N2O2.H2O4S/c1-5-3-2-4-6(7(5)8)9(10)11;1-5(2,3)4/h2-4H,8H2,1H3;(H2,1,2,3,4). The molecule has 0 aliphatic carbocycles. The van der Waals surface area contributed by atoms with Gasteiger partial charge in [0.05, 0.1) is 4.92 Å². The zero-order chi connectivity index (χ0) is 12.9. The van der Waals surface area contributed by atoms with Gasteiger partial charge < -0.3 is 10.3 Å². The van der Waals surface area contributed by atoms with Crippen LogP contribution in [0.25, 0.3) is 0 Å². The highest BCUT2D eigenvalue weighted by Crippen LogP contribution is 2.21. The van der Waals surface area contributed by atoms with Crippen molar-refractivity contribution < 1.29 is 28.2 Å². The molecule has 0 saturated carbocycles. The van der Waals surface area contributed by atoms with E-state index in [2.05, 4.69) is 5.73 Å². The molecule has 1 rings (SSSR count). The van der Waals surface area contributed by atoms with E-state index in [9.17, 15) is 10.1 Å². The normalized spacial score (nSPS) is 10.2. The lowest BCUT2D eigenvalue weighted by atomic mass is 10.2. The number of nitro groups is 1. The fourth-order valence-corrected chi connectivity index (χ4v) is 0.858. The zero-order valence-electron chi connectivity index (χ0n) is 8.28. The number of hydrogen-bond acceptors (Lipinski definition) is 5. The Morgan fingerprint density at radius 3 is 2.19 bits per heavy atom. The molecule has 0 aromatic heterocycles. The summed E-state index contributed by atoms with van der Waals surface area (Å²) in [4.78, 5) is 9.92. The smallest absolute Gasteiger partial charge is 0.329 e. The van der Waals surface area contributed by atoms with E-state index in [4.69, 9.17) is 17.5 Å². The van der Waals surface area contributed by atoms with E-state index >= 15 is 0 Å². The fraction of sp³-hybridized carbons (Fsp3) is 0.143. The predicted molar refractivity (Wildman–Crippen MR) is 52.7 cm³/mol. The van der Waals surface area contributed by atoms with Gasteiger partial charge >= 0.3 is 5.69 Å². The minimum absolute atomic E-state index is 0.0880. The first-order valence-corrected chi connectivity index (χ1v) is 5.23. The van der Waals surface area contributed by atoms with Crippen LogP contribution in [0.3, 0.4) is 0 Å². The Morgan fingerprint density at radius 2 is 1.88 bits per heavy atom. The molecule has 9 heteroatoms. The second-order valence-electron chi connectivity index (χ2n) is 2.76. The van der Waals surface area contributed by atoms with E-state index in [1.807, 2.05) is 0 Å². The molecule has 0 aliphatic heterocycles. The van der Waals surface area contributed by atoms with E-state index in [1.165, 1.54) is 6.07 Å². The van der Waals surface area contributed by atoms with Crippen molar-refractivity contribution in [2.45, 2.75) is 6.92 Å². The van der Waals surface area contributed by atoms with Crippen molar-refractivity contribution in [1.82, 2.24) is 0 Å². The molecule has 4 N–H and O–H groups in total. The maximum atomic E-state index is 10.3. The summed E-state index contributed by atoms with van der Waals surface area (Å²) in [6.07, 6.45) is 0. The zero-order valence-corrected chi connectivity index (χ0v) is 9.10. The maximum Gasteiger partial charge on any atom is 0.329 e. The van der Waals surface area contributed by atoms with E-state index < -0.39 is 15.3 Å². The van der Waals surface area contributed by atoms with Gasteiger partial charge in [0.15, 0.2) is 0 Å². The molecule has 0 radical (unpaired) electrons. The van der Waals surface area contributed by atoms with Crippen LogP contribution in [0, 0.1) is 17.0 Å². The Morgan fingerprint density at radius 1 is 1.44 bits per heavy atom. The molecule has 0 amide bonds. The van der Waals surface area contributed by atoms with Crippen LogP contribution in [0.2, 0.25) is 0 Å². The lowest BCUT2D eigenvalue weighted by Gasteiger charge is -1.94. The molecule has 0 saturated heterocycles. The SMILES string of the molecule is Cc1cccc([N+](=O)[O-])c1[NH3+].O=S(=O)([O-])O. The third-order valence-electron chi connectivity index (χ3n) is 1.58. The van der Waals surface area contributed by atoms with Gasteiger partial charge in [0, 0.05) is 11.6 Å². The van der Waals surface area contributed by atoms with Crippen LogP contribution in [-0.4, -0.2) is 22.4 Å². The molecule has 1 aromatic rings. The summed E-state index contributed by atoms with van der Waals surface area (Å²) < 4.78 is 32.8. The molecule has 90 valence electrons. The Kier molecular flexibility index (Phi) is 4.98. The molecule has 0 unspecified atom stereocenters. The quantitative estimate of drug-likeness (QED) is 0.304.